The van der Waals surface area contributed by atoms with Gasteiger partial charge in [-0.2, -0.15) is 16.7 Å². The lowest BCUT2D eigenvalue weighted by atomic mass is 10.2. The van der Waals surface area contributed by atoms with Crippen LogP contribution in [-0.2, 0) is 11.2 Å². The summed E-state index contributed by atoms with van der Waals surface area (Å²) in [6.45, 7) is 0.393. The first-order valence-electron chi connectivity index (χ1n) is 5.25. The molecule has 0 aliphatic rings. The molecule has 0 saturated carbocycles. The number of carbonyl (C=O) groups is 1. The number of hydrogen-bond donors (Lipinski definition) is 4. The minimum absolute atomic E-state index is 0.186. The number of rotatable bonds is 7. The van der Waals surface area contributed by atoms with Gasteiger partial charge in [0.1, 0.15) is 11.9 Å². The molecule has 1 aromatic heterocycles. The van der Waals surface area contributed by atoms with Gasteiger partial charge in [0.2, 0.25) is 11.9 Å². The van der Waals surface area contributed by atoms with Crippen LogP contribution in [0.2, 0.25) is 0 Å². The highest BCUT2D eigenvalue weighted by atomic mass is 32.2. The fourth-order valence-corrected chi connectivity index (χ4v) is 1.66. The van der Waals surface area contributed by atoms with Crippen molar-refractivity contribution in [3.63, 3.8) is 0 Å². The monoisotopic (exact) mass is 259 g/mol. The van der Waals surface area contributed by atoms with Gasteiger partial charge >= 0.3 is 0 Å². The van der Waals surface area contributed by atoms with Gasteiger partial charge in [-0.25, -0.2) is 0 Å². The second kappa shape index (κ2) is 7.13. The summed E-state index contributed by atoms with van der Waals surface area (Å²) in [5, 5.41) is 18.4. The molecule has 1 amide bonds. The summed E-state index contributed by atoms with van der Waals surface area (Å²) in [5.41, 5.74) is 5.33. The first kappa shape index (κ1) is 13.8. The van der Waals surface area contributed by atoms with E-state index in [1.54, 1.807) is 11.8 Å². The molecule has 1 unspecified atom stereocenters. The van der Waals surface area contributed by atoms with Crippen molar-refractivity contribution < 1.29 is 9.90 Å². The van der Waals surface area contributed by atoms with Gasteiger partial charge in [-0.15, -0.1) is 5.10 Å². The maximum absolute atomic E-state index is 11.4. The van der Waals surface area contributed by atoms with Crippen molar-refractivity contribution in [2.24, 2.45) is 0 Å². The van der Waals surface area contributed by atoms with E-state index in [2.05, 4.69) is 20.5 Å². The number of aromatic nitrogens is 3. The standard InChI is InChI=1S/C9H17N5O2S/c1-17-5-3-6(15)8(16)11-4-2-7-12-9(10)14-13-7/h6,15H,2-5H2,1H3,(H,11,16)(H3,10,12,13,14). The third-order valence-electron chi connectivity index (χ3n) is 2.11. The van der Waals surface area contributed by atoms with E-state index in [0.717, 1.165) is 5.75 Å². The normalized spacial score (nSPS) is 12.4. The summed E-state index contributed by atoms with van der Waals surface area (Å²) in [4.78, 5) is 15.3. The Hall–Kier alpha value is -1.28. The summed E-state index contributed by atoms with van der Waals surface area (Å²) >= 11 is 1.59. The first-order valence-corrected chi connectivity index (χ1v) is 6.64. The predicted octanol–water partition coefficient (Wildman–Crippen LogP) is -0.840. The number of H-pyrrole nitrogens is 1. The number of nitrogens with zero attached hydrogens (tertiary/aromatic N) is 2. The van der Waals surface area contributed by atoms with Crippen molar-refractivity contribution in [2.45, 2.75) is 18.9 Å². The van der Waals surface area contributed by atoms with Gasteiger partial charge in [0, 0.05) is 13.0 Å². The Morgan fingerprint density at radius 1 is 1.71 bits per heavy atom. The zero-order valence-corrected chi connectivity index (χ0v) is 10.5. The van der Waals surface area contributed by atoms with Gasteiger partial charge in [-0.1, -0.05) is 0 Å². The number of carbonyl (C=O) groups excluding carboxylic acids is 1. The van der Waals surface area contributed by atoms with Gasteiger partial charge in [0.05, 0.1) is 0 Å². The van der Waals surface area contributed by atoms with Crippen LogP contribution in [0.1, 0.15) is 12.2 Å². The highest BCUT2D eigenvalue weighted by Gasteiger charge is 2.13. The van der Waals surface area contributed by atoms with E-state index in [-0.39, 0.29) is 11.9 Å². The van der Waals surface area contributed by atoms with Crippen molar-refractivity contribution in [1.29, 1.82) is 0 Å². The van der Waals surface area contributed by atoms with Crippen LogP contribution >= 0.6 is 11.8 Å². The highest BCUT2D eigenvalue weighted by molar-refractivity contribution is 7.98. The number of nitrogens with two attached hydrogens (primary N) is 1. The number of anilines is 1. The molecule has 0 aromatic carbocycles. The molecular weight excluding hydrogens is 242 g/mol. The van der Waals surface area contributed by atoms with Crippen LogP contribution in [0, 0.1) is 0 Å². The number of nitrogen functional groups attached to an aromatic ring is 1. The smallest absolute Gasteiger partial charge is 0.248 e. The molecule has 0 aliphatic heterocycles. The molecule has 0 fully saturated rings. The van der Waals surface area contributed by atoms with E-state index >= 15 is 0 Å². The van der Waals surface area contributed by atoms with Gasteiger partial charge in [0.25, 0.3) is 0 Å². The molecule has 5 N–H and O–H groups in total. The summed E-state index contributed by atoms with van der Waals surface area (Å²) < 4.78 is 0. The SMILES string of the molecule is CSCCC(O)C(=O)NCCc1nc(N)n[nH]1. The van der Waals surface area contributed by atoms with Crippen LogP contribution in [0.15, 0.2) is 0 Å². The second-order valence-electron chi connectivity index (χ2n) is 3.48. The number of aliphatic hydroxyl groups excluding tert-OH is 1. The number of thioether (sulfide) groups is 1. The maximum atomic E-state index is 11.4. The predicted molar refractivity (Wildman–Crippen MR) is 66.5 cm³/mol. The minimum Gasteiger partial charge on any atom is -0.383 e. The van der Waals surface area contributed by atoms with Crippen LogP contribution in [0.5, 0.6) is 0 Å². The summed E-state index contributed by atoms with van der Waals surface area (Å²) in [6, 6.07) is 0. The number of hydrogen-bond acceptors (Lipinski definition) is 6. The van der Waals surface area contributed by atoms with Gasteiger partial charge in [-0.3, -0.25) is 9.89 Å². The zero-order chi connectivity index (χ0) is 12.7. The largest absolute Gasteiger partial charge is 0.383 e. The molecule has 0 bridgehead atoms. The van der Waals surface area contributed by atoms with E-state index in [9.17, 15) is 9.90 Å². The fraction of sp³-hybridized carbons (Fsp3) is 0.667. The van der Waals surface area contributed by atoms with Gasteiger partial charge in [0.15, 0.2) is 0 Å². The van der Waals surface area contributed by atoms with Crippen LogP contribution in [0.25, 0.3) is 0 Å². The molecule has 0 saturated heterocycles. The lowest BCUT2D eigenvalue weighted by molar-refractivity contribution is -0.129. The second-order valence-corrected chi connectivity index (χ2v) is 4.46. The molecule has 0 aliphatic carbocycles. The highest BCUT2D eigenvalue weighted by Crippen LogP contribution is 2.00. The van der Waals surface area contributed by atoms with Crippen LogP contribution in [0.4, 0.5) is 5.95 Å². The van der Waals surface area contributed by atoms with Gasteiger partial charge in [-0.05, 0) is 18.4 Å². The minimum atomic E-state index is -0.942. The Morgan fingerprint density at radius 3 is 3.06 bits per heavy atom. The lowest BCUT2D eigenvalue weighted by Crippen LogP contribution is -2.36. The van der Waals surface area contributed by atoms with Crippen LogP contribution < -0.4 is 11.1 Å². The Labute approximate surface area is 104 Å². The lowest BCUT2D eigenvalue weighted by Gasteiger charge is -2.09. The van der Waals surface area contributed by atoms with Gasteiger partial charge < -0.3 is 16.2 Å². The average molecular weight is 259 g/mol. The van der Waals surface area contributed by atoms with Crippen molar-refractivity contribution in [2.75, 3.05) is 24.3 Å². The Kier molecular flexibility index (Phi) is 5.78. The van der Waals surface area contributed by atoms with E-state index in [4.69, 9.17) is 5.73 Å². The fourth-order valence-electron chi connectivity index (χ4n) is 1.20. The van der Waals surface area contributed by atoms with E-state index in [0.29, 0.717) is 25.2 Å². The molecule has 17 heavy (non-hydrogen) atoms. The Morgan fingerprint density at radius 2 is 2.47 bits per heavy atom. The van der Waals surface area contributed by atoms with Crippen LogP contribution in [-0.4, -0.2) is 50.9 Å². The topological polar surface area (TPSA) is 117 Å². The molecule has 7 nitrogen and oxygen atoms in total. The van der Waals surface area contributed by atoms with Crippen LogP contribution in [0.3, 0.4) is 0 Å². The van der Waals surface area contributed by atoms with Crippen molar-refractivity contribution >= 4 is 23.6 Å². The molecule has 0 radical (unpaired) electrons. The molecule has 1 aromatic rings. The Balaban J connectivity index is 2.19. The first-order chi connectivity index (χ1) is 8.13. The average Bonchev–Trinajstić information content (AvgIpc) is 2.71. The molecule has 8 heteroatoms. The van der Waals surface area contributed by atoms with Crippen molar-refractivity contribution in [3.8, 4) is 0 Å². The van der Waals surface area contributed by atoms with E-state index < -0.39 is 6.10 Å². The van der Waals surface area contributed by atoms with E-state index in [1.807, 2.05) is 6.26 Å². The number of aliphatic hydroxyl groups is 1. The molecule has 96 valence electrons. The Bertz CT molecular complexity index is 357. The zero-order valence-electron chi connectivity index (χ0n) is 9.64. The third-order valence-corrected chi connectivity index (χ3v) is 2.75. The van der Waals surface area contributed by atoms with Crippen molar-refractivity contribution in [3.05, 3.63) is 5.82 Å². The molecule has 1 heterocycles. The summed E-state index contributed by atoms with van der Waals surface area (Å²) in [7, 11) is 0. The number of amides is 1. The van der Waals surface area contributed by atoms with E-state index in [1.165, 1.54) is 0 Å². The molecule has 0 spiro atoms. The maximum Gasteiger partial charge on any atom is 0.248 e. The summed E-state index contributed by atoms with van der Waals surface area (Å²) in [5.74, 6) is 1.20. The number of nitrogens with one attached hydrogen (secondary N) is 2. The number of aromatic amines is 1. The molecule has 1 rings (SSSR count). The quantitative estimate of drug-likeness (QED) is 0.507. The van der Waals surface area contributed by atoms with Crippen molar-refractivity contribution in [1.82, 2.24) is 20.5 Å². The third kappa shape index (κ3) is 5.05. The molecular formula is C9H17N5O2S. The summed E-state index contributed by atoms with van der Waals surface area (Å²) in [6.07, 6.45) is 1.95. The molecule has 1 atom stereocenters.